The van der Waals surface area contributed by atoms with Gasteiger partial charge in [0.1, 0.15) is 23.9 Å². The lowest BCUT2D eigenvalue weighted by molar-refractivity contribution is -0.121. The van der Waals surface area contributed by atoms with Gasteiger partial charge in [-0.2, -0.15) is 14.6 Å². The number of methoxy groups -OCH3 is 1. The van der Waals surface area contributed by atoms with Gasteiger partial charge in [-0.25, -0.2) is 4.98 Å². The first-order valence-corrected chi connectivity index (χ1v) is 7.42. The van der Waals surface area contributed by atoms with E-state index in [1.54, 1.807) is 38.5 Å². The van der Waals surface area contributed by atoms with Gasteiger partial charge in [-0.3, -0.25) is 4.79 Å². The third-order valence-corrected chi connectivity index (χ3v) is 3.37. The SMILES string of the molecule is COCc1cc(NC(C)C(=O)NCc2ccco2)n2ncnc2n1. The second kappa shape index (κ2) is 7.09. The van der Waals surface area contributed by atoms with Crippen molar-refractivity contribution in [2.24, 2.45) is 0 Å². The van der Waals surface area contributed by atoms with Gasteiger partial charge in [0.05, 0.1) is 25.1 Å². The number of carbonyl (C=O) groups excluding carboxylic acids is 1. The number of hydrogen-bond acceptors (Lipinski definition) is 7. The van der Waals surface area contributed by atoms with Crippen LogP contribution in [0.15, 0.2) is 35.2 Å². The number of fused-ring (bicyclic) bond motifs is 1. The molecule has 0 bridgehead atoms. The minimum atomic E-state index is -0.481. The number of anilines is 1. The third kappa shape index (κ3) is 3.51. The Morgan fingerprint density at radius 1 is 1.50 bits per heavy atom. The molecule has 0 aromatic carbocycles. The summed E-state index contributed by atoms with van der Waals surface area (Å²) in [5.41, 5.74) is 0.698. The fraction of sp³-hybridized carbons (Fsp3) is 0.333. The summed E-state index contributed by atoms with van der Waals surface area (Å²) in [6.45, 7) is 2.44. The predicted molar refractivity (Wildman–Crippen MR) is 85.1 cm³/mol. The van der Waals surface area contributed by atoms with E-state index in [-0.39, 0.29) is 5.91 Å². The molecule has 126 valence electrons. The molecule has 0 aliphatic heterocycles. The van der Waals surface area contributed by atoms with Gasteiger partial charge in [0.2, 0.25) is 5.91 Å². The van der Waals surface area contributed by atoms with E-state index in [2.05, 4.69) is 25.7 Å². The Morgan fingerprint density at radius 2 is 2.38 bits per heavy atom. The molecule has 9 nitrogen and oxygen atoms in total. The Bertz CT molecular complexity index is 814. The van der Waals surface area contributed by atoms with Crippen LogP contribution in [0.1, 0.15) is 18.4 Å². The molecule has 0 saturated carbocycles. The zero-order chi connectivity index (χ0) is 16.9. The first kappa shape index (κ1) is 15.9. The van der Waals surface area contributed by atoms with Gasteiger partial charge in [-0.1, -0.05) is 0 Å². The molecule has 0 radical (unpaired) electrons. The van der Waals surface area contributed by atoms with Gasteiger partial charge in [-0.05, 0) is 19.1 Å². The molecule has 0 spiro atoms. The summed E-state index contributed by atoms with van der Waals surface area (Å²) in [6.07, 6.45) is 2.98. The van der Waals surface area contributed by atoms with Crippen LogP contribution in [0.5, 0.6) is 0 Å². The molecule has 1 atom stereocenters. The van der Waals surface area contributed by atoms with Crippen LogP contribution in [0.4, 0.5) is 5.82 Å². The highest BCUT2D eigenvalue weighted by Gasteiger charge is 2.16. The van der Waals surface area contributed by atoms with Gasteiger partial charge in [0.15, 0.2) is 0 Å². The van der Waals surface area contributed by atoms with E-state index >= 15 is 0 Å². The van der Waals surface area contributed by atoms with Crippen LogP contribution in [0.25, 0.3) is 5.78 Å². The number of aromatic nitrogens is 4. The van der Waals surface area contributed by atoms with Gasteiger partial charge in [-0.15, -0.1) is 0 Å². The lowest BCUT2D eigenvalue weighted by Crippen LogP contribution is -2.37. The van der Waals surface area contributed by atoms with Crippen molar-refractivity contribution < 1.29 is 13.9 Å². The average Bonchev–Trinajstić information content (AvgIpc) is 3.24. The van der Waals surface area contributed by atoms with Crippen molar-refractivity contribution in [1.82, 2.24) is 24.9 Å². The second-order valence-electron chi connectivity index (χ2n) is 5.20. The van der Waals surface area contributed by atoms with Gasteiger partial charge < -0.3 is 19.8 Å². The van der Waals surface area contributed by atoms with E-state index in [0.717, 1.165) is 0 Å². The number of nitrogens with one attached hydrogen (secondary N) is 2. The minimum absolute atomic E-state index is 0.162. The number of ether oxygens (including phenoxy) is 1. The molecule has 1 unspecified atom stereocenters. The Morgan fingerprint density at radius 3 is 3.12 bits per heavy atom. The Labute approximate surface area is 138 Å². The molecule has 3 aromatic heterocycles. The summed E-state index contributed by atoms with van der Waals surface area (Å²) in [5, 5.41) is 10.0. The molecule has 2 N–H and O–H groups in total. The van der Waals surface area contributed by atoms with E-state index in [4.69, 9.17) is 9.15 Å². The summed E-state index contributed by atoms with van der Waals surface area (Å²) < 4.78 is 11.8. The number of amides is 1. The summed E-state index contributed by atoms with van der Waals surface area (Å²) >= 11 is 0. The van der Waals surface area contributed by atoms with Crippen molar-refractivity contribution in [3.05, 3.63) is 42.2 Å². The van der Waals surface area contributed by atoms with Gasteiger partial charge in [0, 0.05) is 13.2 Å². The van der Waals surface area contributed by atoms with E-state index in [1.165, 1.54) is 10.8 Å². The number of carbonyl (C=O) groups is 1. The van der Waals surface area contributed by atoms with Crippen molar-refractivity contribution in [2.75, 3.05) is 12.4 Å². The van der Waals surface area contributed by atoms with E-state index < -0.39 is 6.04 Å². The molecule has 3 aromatic rings. The monoisotopic (exact) mass is 330 g/mol. The van der Waals surface area contributed by atoms with E-state index in [1.807, 2.05) is 0 Å². The molecule has 3 rings (SSSR count). The zero-order valence-electron chi connectivity index (χ0n) is 13.4. The fourth-order valence-corrected chi connectivity index (χ4v) is 2.21. The molecule has 0 fully saturated rings. The quantitative estimate of drug-likeness (QED) is 0.665. The summed E-state index contributed by atoms with van der Waals surface area (Å²) in [6, 6.07) is 4.88. The van der Waals surface area contributed by atoms with E-state index in [9.17, 15) is 4.79 Å². The van der Waals surface area contributed by atoms with Crippen molar-refractivity contribution in [1.29, 1.82) is 0 Å². The fourth-order valence-electron chi connectivity index (χ4n) is 2.21. The molecule has 24 heavy (non-hydrogen) atoms. The molecule has 0 saturated heterocycles. The number of nitrogens with zero attached hydrogens (tertiary/aromatic N) is 4. The maximum Gasteiger partial charge on any atom is 0.254 e. The summed E-state index contributed by atoms with van der Waals surface area (Å²) in [4.78, 5) is 20.6. The predicted octanol–water partition coefficient (Wildman–Crippen LogP) is 0.980. The topological polar surface area (TPSA) is 107 Å². The van der Waals surface area contributed by atoms with Crippen LogP contribution in [0.3, 0.4) is 0 Å². The maximum atomic E-state index is 12.2. The standard InChI is InChI=1S/C15H18N6O3/c1-10(14(22)16-7-12-4-3-5-24-12)19-13-6-11(8-23-2)20-15-17-9-18-21(13)15/h3-6,9-10,19H,7-8H2,1-2H3,(H,16,22). The number of hydrogen-bond donors (Lipinski definition) is 2. The molecule has 0 aliphatic carbocycles. The smallest absolute Gasteiger partial charge is 0.254 e. The van der Waals surface area contributed by atoms with Crippen LogP contribution in [0, 0.1) is 0 Å². The van der Waals surface area contributed by atoms with Crippen molar-refractivity contribution in [3.63, 3.8) is 0 Å². The van der Waals surface area contributed by atoms with E-state index in [0.29, 0.717) is 36.2 Å². The minimum Gasteiger partial charge on any atom is -0.467 e. The molecular formula is C15H18N6O3. The maximum absolute atomic E-state index is 12.2. The van der Waals surface area contributed by atoms with Crippen LogP contribution in [-0.2, 0) is 22.7 Å². The Hall–Kier alpha value is -2.94. The molecule has 9 heteroatoms. The molecule has 0 aliphatic rings. The third-order valence-electron chi connectivity index (χ3n) is 3.37. The van der Waals surface area contributed by atoms with Crippen molar-refractivity contribution in [2.45, 2.75) is 26.1 Å². The van der Waals surface area contributed by atoms with Crippen LogP contribution in [0.2, 0.25) is 0 Å². The number of furan rings is 1. The highest BCUT2D eigenvalue weighted by molar-refractivity contribution is 5.83. The molecular weight excluding hydrogens is 312 g/mol. The van der Waals surface area contributed by atoms with Gasteiger partial charge >= 0.3 is 0 Å². The highest BCUT2D eigenvalue weighted by Crippen LogP contribution is 2.13. The van der Waals surface area contributed by atoms with Crippen molar-refractivity contribution >= 4 is 17.5 Å². The Kier molecular flexibility index (Phi) is 4.71. The lowest BCUT2D eigenvalue weighted by atomic mass is 10.3. The van der Waals surface area contributed by atoms with Gasteiger partial charge in [0.25, 0.3) is 5.78 Å². The van der Waals surface area contributed by atoms with Crippen LogP contribution in [-0.4, -0.2) is 38.6 Å². The van der Waals surface area contributed by atoms with Crippen LogP contribution < -0.4 is 10.6 Å². The zero-order valence-corrected chi connectivity index (χ0v) is 13.4. The summed E-state index contributed by atoms with van der Waals surface area (Å²) in [7, 11) is 1.59. The molecule has 1 amide bonds. The Balaban J connectivity index is 1.70. The first-order valence-electron chi connectivity index (χ1n) is 7.42. The lowest BCUT2D eigenvalue weighted by Gasteiger charge is -2.16. The average molecular weight is 330 g/mol. The van der Waals surface area contributed by atoms with Crippen LogP contribution >= 0.6 is 0 Å². The molecule has 3 heterocycles. The number of rotatable bonds is 7. The van der Waals surface area contributed by atoms with Crippen molar-refractivity contribution in [3.8, 4) is 0 Å². The first-order chi connectivity index (χ1) is 11.7. The largest absolute Gasteiger partial charge is 0.467 e. The summed E-state index contributed by atoms with van der Waals surface area (Å²) in [5.74, 6) is 1.59. The second-order valence-corrected chi connectivity index (χ2v) is 5.20. The normalized spacial score (nSPS) is 12.2. The highest BCUT2D eigenvalue weighted by atomic mass is 16.5.